The number of nitrogens with zero attached hydrogens (tertiary/aromatic N) is 1. The van der Waals surface area contributed by atoms with Crippen LogP contribution in [0.5, 0.6) is 0 Å². The number of benzene rings is 1. The smallest absolute Gasteiger partial charge is 0.326 e. The quantitative estimate of drug-likeness (QED) is 0.320. The molecule has 0 fully saturated rings. The standard InChI is InChI=1S/C16H20N4O3S/c1-10-3-4-12(18)14(7-10)19-9-11(8-17)15(21)20-13(16(22)23)5-6-24-2/h3-4,7,9,13,19H,5-6,18H2,1-2H3,(H,20,21)(H,22,23)/b11-9-. The summed E-state index contributed by atoms with van der Waals surface area (Å²) in [5.74, 6) is -1.30. The summed E-state index contributed by atoms with van der Waals surface area (Å²) in [4.78, 5) is 23.2. The van der Waals surface area contributed by atoms with Gasteiger partial charge in [-0.1, -0.05) is 6.07 Å². The van der Waals surface area contributed by atoms with E-state index in [1.165, 1.54) is 18.0 Å². The minimum absolute atomic E-state index is 0.230. The Hall–Kier alpha value is -2.66. The third-order valence-corrected chi connectivity index (χ3v) is 3.80. The average molecular weight is 348 g/mol. The molecule has 1 aromatic carbocycles. The fraction of sp³-hybridized carbons (Fsp3) is 0.312. The summed E-state index contributed by atoms with van der Waals surface area (Å²) in [5.41, 5.74) is 7.58. The van der Waals surface area contributed by atoms with Crippen molar-refractivity contribution in [2.24, 2.45) is 0 Å². The molecule has 0 bridgehead atoms. The Morgan fingerprint density at radius 1 is 1.50 bits per heavy atom. The number of anilines is 2. The number of thioether (sulfide) groups is 1. The molecule has 7 nitrogen and oxygen atoms in total. The number of nitrogen functional groups attached to an aromatic ring is 1. The number of hydrogen-bond acceptors (Lipinski definition) is 6. The van der Waals surface area contributed by atoms with E-state index in [2.05, 4.69) is 10.6 Å². The van der Waals surface area contributed by atoms with E-state index in [1.807, 2.05) is 19.2 Å². The number of aryl methyl sites for hydroxylation is 1. The topological polar surface area (TPSA) is 128 Å². The summed E-state index contributed by atoms with van der Waals surface area (Å²) >= 11 is 1.48. The summed E-state index contributed by atoms with van der Waals surface area (Å²) in [6.45, 7) is 1.88. The first-order chi connectivity index (χ1) is 11.4. The highest BCUT2D eigenvalue weighted by atomic mass is 32.2. The fourth-order valence-corrected chi connectivity index (χ4v) is 2.29. The van der Waals surface area contributed by atoms with E-state index in [-0.39, 0.29) is 12.0 Å². The van der Waals surface area contributed by atoms with Crippen molar-refractivity contribution in [3.63, 3.8) is 0 Å². The van der Waals surface area contributed by atoms with E-state index in [1.54, 1.807) is 18.2 Å². The maximum atomic E-state index is 12.1. The van der Waals surface area contributed by atoms with Gasteiger partial charge in [-0.25, -0.2) is 4.79 Å². The van der Waals surface area contributed by atoms with E-state index >= 15 is 0 Å². The number of amides is 1. The van der Waals surface area contributed by atoms with Gasteiger partial charge >= 0.3 is 5.97 Å². The van der Waals surface area contributed by atoms with Crippen LogP contribution >= 0.6 is 11.8 Å². The molecule has 1 atom stereocenters. The Kier molecular flexibility index (Phi) is 7.65. The molecule has 1 unspecified atom stereocenters. The Bertz CT molecular complexity index is 682. The second kappa shape index (κ2) is 9.47. The van der Waals surface area contributed by atoms with Gasteiger partial charge in [0.15, 0.2) is 0 Å². The third kappa shape index (κ3) is 5.85. The van der Waals surface area contributed by atoms with Crippen LogP contribution in [0.3, 0.4) is 0 Å². The largest absolute Gasteiger partial charge is 0.480 e. The zero-order valence-corrected chi connectivity index (χ0v) is 14.3. The van der Waals surface area contributed by atoms with Crippen LogP contribution in [0.25, 0.3) is 0 Å². The number of aliphatic carboxylic acids is 1. The van der Waals surface area contributed by atoms with Crippen LogP contribution in [0.1, 0.15) is 12.0 Å². The molecule has 0 radical (unpaired) electrons. The molecule has 5 N–H and O–H groups in total. The van der Waals surface area contributed by atoms with Gasteiger partial charge in [0.2, 0.25) is 0 Å². The summed E-state index contributed by atoms with van der Waals surface area (Å²) in [5, 5.41) is 23.4. The van der Waals surface area contributed by atoms with Crippen LogP contribution < -0.4 is 16.4 Å². The van der Waals surface area contributed by atoms with Crippen LogP contribution in [-0.4, -0.2) is 35.0 Å². The van der Waals surface area contributed by atoms with Crippen molar-refractivity contribution in [3.05, 3.63) is 35.5 Å². The highest BCUT2D eigenvalue weighted by Gasteiger charge is 2.21. The van der Waals surface area contributed by atoms with Crippen molar-refractivity contribution >= 4 is 35.0 Å². The molecule has 1 aromatic rings. The van der Waals surface area contributed by atoms with Gasteiger partial charge in [-0.05, 0) is 43.0 Å². The maximum Gasteiger partial charge on any atom is 0.326 e. The Labute approximate surface area is 144 Å². The third-order valence-electron chi connectivity index (χ3n) is 3.16. The van der Waals surface area contributed by atoms with Gasteiger partial charge in [-0.15, -0.1) is 0 Å². The monoisotopic (exact) mass is 348 g/mol. The Balaban J connectivity index is 2.83. The van der Waals surface area contributed by atoms with E-state index in [0.29, 0.717) is 17.1 Å². The number of carbonyl (C=O) groups excluding carboxylic acids is 1. The fourth-order valence-electron chi connectivity index (χ4n) is 1.82. The van der Waals surface area contributed by atoms with E-state index in [9.17, 15) is 9.59 Å². The van der Waals surface area contributed by atoms with Crippen molar-refractivity contribution in [1.29, 1.82) is 5.26 Å². The minimum Gasteiger partial charge on any atom is -0.480 e. The van der Waals surface area contributed by atoms with Crippen molar-refractivity contribution in [2.45, 2.75) is 19.4 Å². The van der Waals surface area contributed by atoms with Gasteiger partial charge in [-0.3, -0.25) is 4.79 Å². The van der Waals surface area contributed by atoms with Gasteiger partial charge in [0.1, 0.15) is 17.7 Å². The van der Waals surface area contributed by atoms with Crippen molar-refractivity contribution < 1.29 is 14.7 Å². The minimum atomic E-state index is -1.13. The van der Waals surface area contributed by atoms with Gasteiger partial charge in [0.25, 0.3) is 5.91 Å². The number of nitriles is 1. The van der Waals surface area contributed by atoms with Gasteiger partial charge in [-0.2, -0.15) is 17.0 Å². The predicted octanol–water partition coefficient (Wildman–Crippen LogP) is 1.72. The van der Waals surface area contributed by atoms with E-state index < -0.39 is 17.9 Å². The lowest BCUT2D eigenvalue weighted by atomic mass is 10.2. The lowest BCUT2D eigenvalue weighted by Crippen LogP contribution is -2.41. The molecule has 0 aliphatic carbocycles. The van der Waals surface area contributed by atoms with Crippen LogP contribution in [0.2, 0.25) is 0 Å². The summed E-state index contributed by atoms with van der Waals surface area (Å²) in [6.07, 6.45) is 3.34. The molecule has 24 heavy (non-hydrogen) atoms. The van der Waals surface area contributed by atoms with Crippen LogP contribution in [0.4, 0.5) is 11.4 Å². The highest BCUT2D eigenvalue weighted by molar-refractivity contribution is 7.98. The number of rotatable bonds is 8. The van der Waals surface area contributed by atoms with Crippen molar-refractivity contribution in [1.82, 2.24) is 5.32 Å². The lowest BCUT2D eigenvalue weighted by Gasteiger charge is -2.13. The normalized spacial score (nSPS) is 12.1. The van der Waals surface area contributed by atoms with Gasteiger partial charge < -0.3 is 21.5 Å². The van der Waals surface area contributed by atoms with Crippen LogP contribution in [-0.2, 0) is 9.59 Å². The number of carbonyl (C=O) groups is 2. The molecular formula is C16H20N4O3S. The second-order valence-corrected chi connectivity index (χ2v) is 6.04. The number of carboxylic acid groups (broad SMARTS) is 1. The zero-order chi connectivity index (χ0) is 18.1. The van der Waals surface area contributed by atoms with Gasteiger partial charge in [0, 0.05) is 6.20 Å². The van der Waals surface area contributed by atoms with E-state index in [0.717, 1.165) is 5.56 Å². The number of carboxylic acids is 1. The maximum absolute atomic E-state index is 12.1. The van der Waals surface area contributed by atoms with Crippen molar-refractivity contribution in [3.8, 4) is 6.07 Å². The number of nitrogens with one attached hydrogen (secondary N) is 2. The first-order valence-corrected chi connectivity index (χ1v) is 8.54. The Morgan fingerprint density at radius 3 is 2.79 bits per heavy atom. The van der Waals surface area contributed by atoms with Crippen molar-refractivity contribution in [2.75, 3.05) is 23.1 Å². The molecule has 0 aliphatic heterocycles. The lowest BCUT2D eigenvalue weighted by molar-refractivity contribution is -0.141. The molecule has 128 valence electrons. The molecule has 1 amide bonds. The molecule has 0 saturated heterocycles. The first kappa shape index (κ1) is 19.4. The molecule has 8 heteroatoms. The summed E-state index contributed by atoms with van der Waals surface area (Å²) < 4.78 is 0. The molecule has 0 saturated carbocycles. The molecule has 0 spiro atoms. The average Bonchev–Trinajstić information content (AvgIpc) is 2.54. The van der Waals surface area contributed by atoms with Crippen LogP contribution in [0, 0.1) is 18.3 Å². The molecular weight excluding hydrogens is 328 g/mol. The SMILES string of the molecule is CSCCC(NC(=O)/C(C#N)=C\Nc1cc(C)ccc1N)C(=O)O. The molecule has 0 aliphatic rings. The summed E-state index contributed by atoms with van der Waals surface area (Å²) in [6, 6.07) is 6.04. The first-order valence-electron chi connectivity index (χ1n) is 7.14. The molecule has 1 rings (SSSR count). The van der Waals surface area contributed by atoms with Crippen LogP contribution in [0.15, 0.2) is 30.0 Å². The summed E-state index contributed by atoms with van der Waals surface area (Å²) in [7, 11) is 0. The highest BCUT2D eigenvalue weighted by Crippen LogP contribution is 2.19. The zero-order valence-electron chi connectivity index (χ0n) is 13.5. The molecule has 0 aromatic heterocycles. The molecule has 0 heterocycles. The number of nitrogens with two attached hydrogens (primary N) is 1. The number of hydrogen-bond donors (Lipinski definition) is 4. The van der Waals surface area contributed by atoms with E-state index in [4.69, 9.17) is 16.1 Å². The van der Waals surface area contributed by atoms with Gasteiger partial charge in [0.05, 0.1) is 11.4 Å². The predicted molar refractivity (Wildman–Crippen MR) is 95.5 cm³/mol. The Morgan fingerprint density at radius 2 is 2.21 bits per heavy atom. The second-order valence-electron chi connectivity index (χ2n) is 5.05.